The van der Waals surface area contributed by atoms with Crippen LogP contribution in [0, 0.1) is 0 Å². The topological polar surface area (TPSA) is 80.1 Å². The number of thioether (sulfide) groups is 1. The molecule has 2 heterocycles. The molecule has 0 saturated carbocycles. The van der Waals surface area contributed by atoms with Crippen molar-refractivity contribution >= 4 is 52.5 Å². The number of halogens is 2. The fourth-order valence-corrected chi connectivity index (χ4v) is 5.13. The lowest BCUT2D eigenvalue weighted by molar-refractivity contribution is -0.113. The van der Waals surface area contributed by atoms with E-state index < -0.39 is 0 Å². The van der Waals surface area contributed by atoms with Crippen LogP contribution in [-0.2, 0) is 11.3 Å². The maximum Gasteiger partial charge on any atom is 0.255 e. The summed E-state index contributed by atoms with van der Waals surface area (Å²) in [5.74, 6) is 0.639. The molecule has 4 rings (SSSR count). The summed E-state index contributed by atoms with van der Waals surface area (Å²) >= 11 is 13.5. The van der Waals surface area contributed by atoms with E-state index in [1.54, 1.807) is 42.5 Å². The lowest BCUT2D eigenvalue weighted by Crippen LogP contribution is -2.32. The minimum atomic E-state index is -0.184. The van der Waals surface area contributed by atoms with Crippen LogP contribution in [0.2, 0.25) is 10.0 Å². The van der Waals surface area contributed by atoms with Gasteiger partial charge < -0.3 is 14.8 Å². The molecule has 1 aliphatic rings. The number of anilines is 1. The van der Waals surface area contributed by atoms with E-state index in [2.05, 4.69) is 15.5 Å². The number of amides is 2. The van der Waals surface area contributed by atoms with Gasteiger partial charge >= 0.3 is 0 Å². The van der Waals surface area contributed by atoms with Crippen molar-refractivity contribution in [3.05, 3.63) is 70.0 Å². The Morgan fingerprint density at radius 3 is 2.73 bits per heavy atom. The number of hydrogen-bond donors (Lipinski definition) is 1. The molecule has 172 valence electrons. The van der Waals surface area contributed by atoms with E-state index in [0.717, 1.165) is 18.7 Å². The fraction of sp³-hybridized carbons (Fsp3) is 0.304. The molecule has 1 fully saturated rings. The van der Waals surface area contributed by atoms with Crippen molar-refractivity contribution < 1.29 is 9.59 Å². The van der Waals surface area contributed by atoms with E-state index in [4.69, 9.17) is 23.2 Å². The summed E-state index contributed by atoms with van der Waals surface area (Å²) in [7, 11) is 0. The summed E-state index contributed by atoms with van der Waals surface area (Å²) in [5.41, 5.74) is 1.13. The number of carbonyl (C=O) groups is 2. The van der Waals surface area contributed by atoms with E-state index >= 15 is 0 Å². The van der Waals surface area contributed by atoms with Crippen LogP contribution in [0.3, 0.4) is 0 Å². The molecule has 7 nitrogen and oxygen atoms in total. The lowest BCUT2D eigenvalue weighted by atomic mass is 10.1. The van der Waals surface area contributed by atoms with Crippen molar-refractivity contribution in [2.75, 3.05) is 17.6 Å². The maximum atomic E-state index is 13.2. The second kappa shape index (κ2) is 10.6. The molecular formula is C23H23Cl2N5O2S. The molecule has 2 amide bonds. The fourth-order valence-electron chi connectivity index (χ4n) is 3.91. The number of likely N-dealkylation sites (tertiary alicyclic amines) is 1. The minimum Gasteiger partial charge on any atom is -0.328 e. The van der Waals surface area contributed by atoms with Gasteiger partial charge in [-0.15, -0.1) is 10.2 Å². The van der Waals surface area contributed by atoms with Gasteiger partial charge in [0.05, 0.1) is 22.4 Å². The number of aromatic nitrogens is 3. The number of nitrogens with zero attached hydrogens (tertiary/aromatic N) is 4. The van der Waals surface area contributed by atoms with Gasteiger partial charge in [0, 0.05) is 23.8 Å². The second-order valence-corrected chi connectivity index (χ2v) is 9.35. The molecule has 3 aromatic rings. The first kappa shape index (κ1) is 23.6. The number of carbonyl (C=O) groups excluding carboxylic acids is 2. The van der Waals surface area contributed by atoms with Crippen LogP contribution in [0.25, 0.3) is 0 Å². The van der Waals surface area contributed by atoms with Crippen molar-refractivity contribution in [1.82, 2.24) is 19.7 Å². The molecule has 1 unspecified atom stereocenters. The summed E-state index contributed by atoms with van der Waals surface area (Å²) in [5, 5.41) is 13.2. The normalized spacial score (nSPS) is 15.6. The summed E-state index contributed by atoms with van der Waals surface area (Å²) < 4.78 is 1.97. The second-order valence-electron chi connectivity index (χ2n) is 7.57. The van der Waals surface area contributed by atoms with Crippen LogP contribution >= 0.6 is 35.0 Å². The van der Waals surface area contributed by atoms with Gasteiger partial charge in [-0.2, -0.15) is 0 Å². The molecule has 1 N–H and O–H groups in total. The van der Waals surface area contributed by atoms with Crippen LogP contribution in [0.5, 0.6) is 0 Å². The van der Waals surface area contributed by atoms with Gasteiger partial charge in [-0.3, -0.25) is 9.59 Å². The molecule has 1 aromatic heterocycles. The number of hydrogen-bond acceptors (Lipinski definition) is 5. The highest BCUT2D eigenvalue weighted by molar-refractivity contribution is 7.99. The van der Waals surface area contributed by atoms with Gasteiger partial charge in [0.2, 0.25) is 5.91 Å². The van der Waals surface area contributed by atoms with E-state index in [-0.39, 0.29) is 23.6 Å². The molecule has 0 aliphatic carbocycles. The third-order valence-corrected chi connectivity index (χ3v) is 6.95. The van der Waals surface area contributed by atoms with E-state index in [1.165, 1.54) is 11.8 Å². The van der Waals surface area contributed by atoms with Gasteiger partial charge in [0.25, 0.3) is 5.91 Å². The lowest BCUT2D eigenvalue weighted by Gasteiger charge is -2.25. The van der Waals surface area contributed by atoms with Crippen LogP contribution < -0.4 is 5.32 Å². The van der Waals surface area contributed by atoms with Gasteiger partial charge in [-0.1, -0.05) is 53.2 Å². The zero-order valence-electron chi connectivity index (χ0n) is 18.0. The molecule has 0 radical (unpaired) electrons. The molecular weight excluding hydrogens is 481 g/mol. The van der Waals surface area contributed by atoms with Crippen LogP contribution in [-0.4, -0.2) is 43.8 Å². The summed E-state index contributed by atoms with van der Waals surface area (Å²) in [6, 6.07) is 13.9. The molecule has 0 spiro atoms. The summed E-state index contributed by atoms with van der Waals surface area (Å²) in [4.78, 5) is 27.4. The van der Waals surface area contributed by atoms with E-state index in [1.807, 2.05) is 22.5 Å². The molecule has 1 saturated heterocycles. The average molecular weight is 504 g/mol. The first-order chi connectivity index (χ1) is 16.0. The highest BCUT2D eigenvalue weighted by Crippen LogP contribution is 2.34. The van der Waals surface area contributed by atoms with Crippen LogP contribution in [0.4, 0.5) is 5.69 Å². The Hall–Kier alpha value is -2.55. The SMILES string of the molecule is CCn1c(SCC(=O)Nc2cccc(Cl)c2)nnc1C1CCCN1C(=O)c1ccccc1Cl. The Bertz CT molecular complexity index is 1170. The molecule has 0 bridgehead atoms. The molecule has 1 atom stereocenters. The highest BCUT2D eigenvalue weighted by atomic mass is 35.5. The highest BCUT2D eigenvalue weighted by Gasteiger charge is 2.35. The Labute approximate surface area is 206 Å². The standard InChI is InChI=1S/C23H23Cl2N5O2S/c1-2-29-21(19-11-6-12-30(19)22(32)17-9-3-4-10-18(17)25)27-28-23(29)33-14-20(31)26-16-8-5-7-15(24)13-16/h3-5,7-10,13,19H,2,6,11-12,14H2,1H3,(H,26,31). The van der Waals surface area contributed by atoms with Gasteiger partial charge in [-0.25, -0.2) is 0 Å². The molecule has 1 aliphatic heterocycles. The third kappa shape index (κ3) is 5.34. The Morgan fingerprint density at radius 1 is 1.15 bits per heavy atom. The minimum absolute atomic E-state index is 0.108. The van der Waals surface area contributed by atoms with Gasteiger partial charge in [0.1, 0.15) is 0 Å². The van der Waals surface area contributed by atoms with Crippen molar-refractivity contribution in [3.63, 3.8) is 0 Å². The van der Waals surface area contributed by atoms with Gasteiger partial charge in [-0.05, 0) is 50.1 Å². The summed E-state index contributed by atoms with van der Waals surface area (Å²) in [6.45, 7) is 3.26. The zero-order valence-corrected chi connectivity index (χ0v) is 20.3. The van der Waals surface area contributed by atoms with E-state index in [9.17, 15) is 9.59 Å². The predicted molar refractivity (Wildman–Crippen MR) is 131 cm³/mol. The van der Waals surface area contributed by atoms with Crippen molar-refractivity contribution in [1.29, 1.82) is 0 Å². The quantitative estimate of drug-likeness (QED) is 0.441. The Balaban J connectivity index is 1.47. The van der Waals surface area contributed by atoms with Crippen LogP contribution in [0.1, 0.15) is 42.0 Å². The number of nitrogens with one attached hydrogen (secondary N) is 1. The Kier molecular flexibility index (Phi) is 7.57. The zero-order chi connectivity index (χ0) is 23.4. The molecule has 10 heteroatoms. The predicted octanol–water partition coefficient (Wildman–Crippen LogP) is 5.31. The first-order valence-corrected chi connectivity index (χ1v) is 12.4. The smallest absolute Gasteiger partial charge is 0.255 e. The molecule has 2 aromatic carbocycles. The van der Waals surface area contributed by atoms with Crippen LogP contribution in [0.15, 0.2) is 53.7 Å². The third-order valence-electron chi connectivity index (χ3n) is 5.42. The van der Waals surface area contributed by atoms with Gasteiger partial charge in [0.15, 0.2) is 11.0 Å². The van der Waals surface area contributed by atoms with Crippen molar-refractivity contribution in [2.45, 2.75) is 37.5 Å². The summed E-state index contributed by atoms with van der Waals surface area (Å²) in [6.07, 6.45) is 1.68. The van der Waals surface area contributed by atoms with E-state index in [0.29, 0.717) is 39.5 Å². The Morgan fingerprint density at radius 2 is 1.97 bits per heavy atom. The number of benzene rings is 2. The molecule has 33 heavy (non-hydrogen) atoms. The number of rotatable bonds is 7. The van der Waals surface area contributed by atoms with Crippen molar-refractivity contribution in [3.8, 4) is 0 Å². The van der Waals surface area contributed by atoms with Crippen molar-refractivity contribution in [2.24, 2.45) is 0 Å². The first-order valence-electron chi connectivity index (χ1n) is 10.6. The largest absolute Gasteiger partial charge is 0.328 e. The monoisotopic (exact) mass is 503 g/mol. The average Bonchev–Trinajstić information content (AvgIpc) is 3.44. The maximum absolute atomic E-state index is 13.2.